The first-order valence-electron chi connectivity index (χ1n) is 10.1. The van der Waals surface area contributed by atoms with Crippen LogP contribution in [0.5, 0.6) is 17.2 Å². The third-order valence-corrected chi connectivity index (χ3v) is 5.08. The van der Waals surface area contributed by atoms with Crippen LogP contribution in [-0.2, 0) is 4.79 Å². The summed E-state index contributed by atoms with van der Waals surface area (Å²) in [6.45, 7) is -0.244. The normalized spacial score (nSPS) is 10.9. The number of esters is 1. The molecule has 0 amide bonds. The molecule has 0 atom stereocenters. The fraction of sp³-hybridized carbons (Fsp3) is 0.0741. The first kappa shape index (κ1) is 21.5. The highest BCUT2D eigenvalue weighted by molar-refractivity contribution is 6.30. The summed E-state index contributed by atoms with van der Waals surface area (Å²) in [5.41, 5.74) is 2.04. The molecule has 4 nitrogen and oxygen atoms in total. The quantitative estimate of drug-likeness (QED) is 0.182. The number of carbonyl (C=O) groups is 1. The van der Waals surface area contributed by atoms with Crippen LogP contribution in [0.4, 0.5) is 0 Å². The second-order valence-electron chi connectivity index (χ2n) is 7.03. The summed E-state index contributed by atoms with van der Waals surface area (Å²) in [6, 6.07) is 26.7. The lowest BCUT2D eigenvalue weighted by Gasteiger charge is -2.11. The van der Waals surface area contributed by atoms with Crippen LogP contribution in [0, 0.1) is 0 Å². The molecule has 0 aromatic heterocycles. The molecule has 32 heavy (non-hydrogen) atoms. The third kappa shape index (κ3) is 5.29. The minimum Gasteiger partial charge on any atom is -0.493 e. The van der Waals surface area contributed by atoms with Gasteiger partial charge in [0.1, 0.15) is 5.75 Å². The summed E-state index contributed by atoms with van der Waals surface area (Å²) >= 11 is 5.92. The van der Waals surface area contributed by atoms with Gasteiger partial charge in [0.05, 0.1) is 7.11 Å². The highest BCUT2D eigenvalue weighted by atomic mass is 35.5. The van der Waals surface area contributed by atoms with Crippen molar-refractivity contribution in [1.29, 1.82) is 0 Å². The van der Waals surface area contributed by atoms with Gasteiger partial charge in [0.2, 0.25) is 0 Å². The average molecular weight is 445 g/mol. The van der Waals surface area contributed by atoms with Crippen molar-refractivity contribution in [2.45, 2.75) is 0 Å². The Morgan fingerprint density at radius 2 is 1.69 bits per heavy atom. The number of hydrogen-bond acceptors (Lipinski definition) is 4. The van der Waals surface area contributed by atoms with Crippen LogP contribution in [0.25, 0.3) is 22.9 Å². The van der Waals surface area contributed by atoms with Gasteiger partial charge < -0.3 is 14.2 Å². The summed E-state index contributed by atoms with van der Waals surface area (Å²) < 4.78 is 16.3. The molecule has 4 rings (SSSR count). The smallest absolute Gasteiger partial charge is 0.349 e. The summed E-state index contributed by atoms with van der Waals surface area (Å²) in [7, 11) is 1.54. The first-order chi connectivity index (χ1) is 15.6. The molecule has 0 saturated heterocycles. The second kappa shape index (κ2) is 10.0. The Balaban J connectivity index is 1.45. The van der Waals surface area contributed by atoms with Gasteiger partial charge in [0.25, 0.3) is 0 Å². The van der Waals surface area contributed by atoms with Crippen molar-refractivity contribution < 1.29 is 19.0 Å². The molecule has 0 saturated carbocycles. The van der Waals surface area contributed by atoms with Crippen LogP contribution in [-0.4, -0.2) is 19.7 Å². The van der Waals surface area contributed by atoms with Gasteiger partial charge in [-0.2, -0.15) is 0 Å². The van der Waals surface area contributed by atoms with Crippen LogP contribution in [0.1, 0.15) is 11.1 Å². The molecule has 0 N–H and O–H groups in total. The van der Waals surface area contributed by atoms with E-state index in [-0.39, 0.29) is 6.61 Å². The molecule has 0 aliphatic rings. The molecule has 4 aromatic carbocycles. The monoisotopic (exact) mass is 444 g/mol. The van der Waals surface area contributed by atoms with E-state index in [2.05, 4.69) is 30.3 Å². The van der Waals surface area contributed by atoms with Crippen molar-refractivity contribution in [2.24, 2.45) is 0 Å². The number of carbonyl (C=O) groups excluding carboxylic acids is 1. The molecule has 0 aliphatic carbocycles. The van der Waals surface area contributed by atoms with E-state index in [1.165, 1.54) is 17.9 Å². The zero-order valence-electron chi connectivity index (χ0n) is 17.5. The van der Waals surface area contributed by atoms with Crippen molar-refractivity contribution in [3.8, 4) is 17.2 Å². The van der Waals surface area contributed by atoms with E-state index in [1.54, 1.807) is 30.3 Å². The van der Waals surface area contributed by atoms with Crippen LogP contribution in [0.2, 0.25) is 5.02 Å². The average Bonchev–Trinajstić information content (AvgIpc) is 2.82. The van der Waals surface area contributed by atoms with Gasteiger partial charge in [0, 0.05) is 5.02 Å². The highest BCUT2D eigenvalue weighted by Gasteiger charge is 2.11. The molecule has 4 aromatic rings. The number of ether oxygens (including phenoxy) is 3. The molecule has 0 fully saturated rings. The van der Waals surface area contributed by atoms with Gasteiger partial charge in [-0.1, -0.05) is 78.4 Å². The van der Waals surface area contributed by atoms with E-state index < -0.39 is 5.97 Å². The summed E-state index contributed by atoms with van der Waals surface area (Å²) in [6.07, 6.45) is 4.06. The Morgan fingerprint density at radius 1 is 0.875 bits per heavy atom. The zero-order valence-corrected chi connectivity index (χ0v) is 18.2. The molecule has 160 valence electrons. The Morgan fingerprint density at radius 3 is 2.53 bits per heavy atom. The maximum Gasteiger partial charge on any atom is 0.349 e. The Kier molecular flexibility index (Phi) is 6.73. The molecule has 0 bridgehead atoms. The summed E-state index contributed by atoms with van der Waals surface area (Å²) in [4.78, 5) is 12.2. The predicted molar refractivity (Wildman–Crippen MR) is 128 cm³/mol. The van der Waals surface area contributed by atoms with Gasteiger partial charge in [0.15, 0.2) is 18.1 Å². The van der Waals surface area contributed by atoms with Crippen LogP contribution < -0.4 is 14.2 Å². The lowest BCUT2D eigenvalue weighted by molar-refractivity contribution is -0.136. The molecule has 0 heterocycles. The molecule has 0 spiro atoms. The van der Waals surface area contributed by atoms with Crippen molar-refractivity contribution >= 4 is 40.5 Å². The van der Waals surface area contributed by atoms with E-state index in [0.717, 1.165) is 11.1 Å². The van der Waals surface area contributed by atoms with Crippen LogP contribution in [0.3, 0.4) is 0 Å². The van der Waals surface area contributed by atoms with E-state index in [1.807, 2.05) is 36.4 Å². The van der Waals surface area contributed by atoms with E-state index in [4.69, 9.17) is 25.8 Å². The van der Waals surface area contributed by atoms with Gasteiger partial charge in [-0.15, -0.1) is 0 Å². The largest absolute Gasteiger partial charge is 0.493 e. The Bertz CT molecular complexity index is 1270. The van der Waals surface area contributed by atoms with Crippen molar-refractivity contribution in [1.82, 2.24) is 0 Å². The van der Waals surface area contributed by atoms with Crippen molar-refractivity contribution in [2.75, 3.05) is 13.7 Å². The minimum absolute atomic E-state index is 0.244. The molecule has 0 aliphatic heterocycles. The van der Waals surface area contributed by atoms with Gasteiger partial charge in [-0.25, -0.2) is 4.79 Å². The summed E-state index contributed by atoms with van der Waals surface area (Å²) in [5, 5.41) is 2.91. The molecule has 5 heteroatoms. The number of halogens is 1. The van der Waals surface area contributed by atoms with E-state index in [0.29, 0.717) is 22.3 Å². The number of methoxy groups -OCH3 is 1. The van der Waals surface area contributed by atoms with Gasteiger partial charge >= 0.3 is 5.97 Å². The van der Waals surface area contributed by atoms with Gasteiger partial charge in [-0.05, 0) is 52.2 Å². The summed E-state index contributed by atoms with van der Waals surface area (Å²) in [5.74, 6) is 0.744. The Labute approximate surface area is 191 Å². The number of fused-ring (bicyclic) bond motifs is 1. The first-order valence-corrected chi connectivity index (χ1v) is 10.4. The van der Waals surface area contributed by atoms with Gasteiger partial charge in [-0.3, -0.25) is 0 Å². The molecular weight excluding hydrogens is 424 g/mol. The third-order valence-electron chi connectivity index (χ3n) is 4.84. The molecule has 0 radical (unpaired) electrons. The lowest BCUT2D eigenvalue weighted by atomic mass is 10.0. The standard InChI is InChI=1S/C27H21ClO4/c1-30-26-16-19(12-14-21-8-4-7-20-6-2-3-11-24(20)21)13-15-25(26)32-27(29)18-31-23-10-5-9-22(28)17-23/h2-17H,18H2,1H3. The fourth-order valence-corrected chi connectivity index (χ4v) is 3.49. The van der Waals surface area contributed by atoms with Crippen molar-refractivity contribution in [3.05, 3.63) is 101 Å². The fourth-order valence-electron chi connectivity index (χ4n) is 3.31. The minimum atomic E-state index is -0.540. The zero-order chi connectivity index (χ0) is 22.3. The number of hydrogen-bond donors (Lipinski definition) is 0. The SMILES string of the molecule is COc1cc(C=Cc2cccc3ccccc23)ccc1OC(=O)COc1cccc(Cl)c1. The Hall–Kier alpha value is -3.76. The lowest BCUT2D eigenvalue weighted by Crippen LogP contribution is -2.18. The number of benzene rings is 4. The molecular formula is C27H21ClO4. The van der Waals surface area contributed by atoms with Crippen LogP contribution >= 0.6 is 11.6 Å². The van der Waals surface area contributed by atoms with Crippen molar-refractivity contribution in [3.63, 3.8) is 0 Å². The van der Waals surface area contributed by atoms with Crippen LogP contribution in [0.15, 0.2) is 84.9 Å². The van der Waals surface area contributed by atoms with E-state index in [9.17, 15) is 4.79 Å². The maximum absolute atomic E-state index is 12.2. The maximum atomic E-state index is 12.2. The second-order valence-corrected chi connectivity index (χ2v) is 7.47. The topological polar surface area (TPSA) is 44.8 Å². The number of rotatable bonds is 7. The predicted octanol–water partition coefficient (Wildman–Crippen LogP) is 6.66. The van der Waals surface area contributed by atoms with E-state index >= 15 is 0 Å². The highest BCUT2D eigenvalue weighted by Crippen LogP contribution is 2.29. The molecule has 0 unspecified atom stereocenters.